The van der Waals surface area contributed by atoms with Crippen molar-refractivity contribution < 1.29 is 32.2 Å². The molecule has 8 aromatic carbocycles. The normalized spacial score (nSPS) is 16.4. The van der Waals surface area contributed by atoms with Crippen LogP contribution in [0.4, 0.5) is 50.3 Å². The highest BCUT2D eigenvalue weighted by Crippen LogP contribution is 2.51. The molecule has 9 aliphatic rings. The number of sulfone groups is 1. The molecular weight excluding hydrogens is 1240 g/mol. The molecular formula is C79H92N8O7S2. The van der Waals surface area contributed by atoms with Gasteiger partial charge in [-0.25, -0.2) is 13.2 Å². The molecule has 0 radical (unpaired) electrons. The van der Waals surface area contributed by atoms with Crippen molar-refractivity contribution in [3.63, 3.8) is 0 Å². The quantitative estimate of drug-likeness (QED) is 0.0717. The van der Waals surface area contributed by atoms with E-state index in [0.717, 1.165) is 126 Å². The Balaban J connectivity index is 0.000000119. The Hall–Kier alpha value is -9.45. The van der Waals surface area contributed by atoms with Gasteiger partial charge in [0.15, 0.2) is 9.84 Å². The Labute approximate surface area is 572 Å². The van der Waals surface area contributed by atoms with Gasteiger partial charge in [-0.15, -0.1) is 11.8 Å². The average Bonchev–Trinajstić information content (AvgIpc) is 1.60. The molecule has 17 rings (SSSR count). The van der Waals surface area contributed by atoms with Crippen molar-refractivity contribution in [3.05, 3.63) is 244 Å². The molecule has 8 heterocycles. The van der Waals surface area contributed by atoms with Gasteiger partial charge in [-0.2, -0.15) is 0 Å². The lowest BCUT2D eigenvalue weighted by atomic mass is 10.00. The van der Waals surface area contributed by atoms with Gasteiger partial charge in [0.05, 0.1) is 44.8 Å². The zero-order valence-corrected chi connectivity index (χ0v) is 58.4. The molecule has 1 fully saturated rings. The summed E-state index contributed by atoms with van der Waals surface area (Å²) in [7, 11) is -3.03. The van der Waals surface area contributed by atoms with Crippen molar-refractivity contribution in [1.82, 2.24) is 0 Å². The number of allylic oxidation sites excluding steroid dienone is 1. The number of nitrogens with one attached hydrogen (secondary N) is 8. The SMILES string of the molecule is C=C1CCc2cc(C)ccc2N1.C=C1COc2cc(C)ccc2N1.C=C1Nc2ccc(C)cc2OC12CC2.Cc1ccc2c(c1)CCCN2.Cc1ccc2c(c1)COC(=O)N2.Cc1ccc2c(c1)OCCN2.Cc1ccc2c(c1)S(=O)(=O)CCN2.Cc1ccc2c(c1)SCCN2. The fourth-order valence-electron chi connectivity index (χ4n) is 11.5. The molecule has 1 aliphatic carbocycles. The number of amides is 1. The number of benzene rings is 8. The van der Waals surface area contributed by atoms with Crippen molar-refractivity contribution in [2.45, 2.75) is 116 Å². The molecule has 0 aromatic heterocycles. The lowest BCUT2D eigenvalue weighted by Gasteiger charge is -2.29. The van der Waals surface area contributed by atoms with Crippen LogP contribution in [0.5, 0.6) is 17.2 Å². The van der Waals surface area contributed by atoms with E-state index in [0.29, 0.717) is 24.7 Å². The second kappa shape index (κ2) is 31.9. The maximum absolute atomic E-state index is 11.6. The Morgan fingerprint density at radius 1 is 0.427 bits per heavy atom. The maximum Gasteiger partial charge on any atom is 0.411 e. The van der Waals surface area contributed by atoms with Gasteiger partial charge in [-0.1, -0.05) is 103 Å². The molecule has 15 nitrogen and oxygen atoms in total. The molecule has 502 valence electrons. The first-order valence-corrected chi connectivity index (χ1v) is 35.7. The van der Waals surface area contributed by atoms with Gasteiger partial charge in [0.2, 0.25) is 0 Å². The van der Waals surface area contributed by atoms with Gasteiger partial charge < -0.3 is 56.2 Å². The number of rotatable bonds is 0. The number of anilines is 8. The summed E-state index contributed by atoms with van der Waals surface area (Å²) in [5.74, 6) is 4.26. The Kier molecular flexibility index (Phi) is 23.0. The van der Waals surface area contributed by atoms with Gasteiger partial charge in [0.25, 0.3) is 0 Å². The molecule has 0 saturated heterocycles. The fraction of sp³-hybridized carbons (Fsp3) is 0.304. The van der Waals surface area contributed by atoms with Crippen molar-refractivity contribution >= 4 is 73.2 Å². The molecule has 8 N–H and O–H groups in total. The van der Waals surface area contributed by atoms with E-state index in [-0.39, 0.29) is 17.4 Å². The minimum Gasteiger partial charge on any atom is -0.490 e. The third-order valence-corrected chi connectivity index (χ3v) is 19.7. The van der Waals surface area contributed by atoms with Crippen LogP contribution in [-0.2, 0) is 34.0 Å². The first-order chi connectivity index (χ1) is 46.1. The monoisotopic (exact) mass is 1330 g/mol. The lowest BCUT2D eigenvalue weighted by molar-refractivity contribution is 0.151. The Morgan fingerprint density at radius 2 is 0.927 bits per heavy atom. The number of carbonyl (C=O) groups excluding carboxylic acids is 1. The number of cyclic esters (lactones) is 1. The molecule has 1 spiro atoms. The first kappa shape index (κ1) is 69.4. The third kappa shape index (κ3) is 19.2. The van der Waals surface area contributed by atoms with E-state index < -0.39 is 9.84 Å². The standard InChI is InChI=1S/C12H13NO.C11H13N.C10H11NO.C10H13N.C9H11NO2S.C9H9NO2.C9H11NO.C9H11NS/c1-8-3-4-10-11(7-8)14-12(5-6-12)9(2)13-10;1-8-3-6-11-10(7-8)5-4-9(2)12-11;1-7-3-4-9-10(5-7)12-6-8(2)11-9;1-8-4-5-10-9(7-8)3-2-6-11-10;1-7-2-3-8-9(6-7)13(11,12)5-4-10-8;1-6-2-3-8-7(4-6)5-12-9(11)10-8;2*1-7-2-3-8-9(6-7)11-5-4-10-8/h3-4,7,13H,2,5-6H2,1H3;3,6-7,12H,2,4-5H2,1H3;3-5,11H,2,6H2,1H3;4-5,7,11H,2-3,6H2,1H3;2-3,6,10H,4-5H2,1H3;2-4H,5H2,1H3,(H,10,11);2*2-3,6,10H,4-5H2,1H3. The minimum atomic E-state index is -3.03. The van der Waals surface area contributed by atoms with Crippen molar-refractivity contribution in [1.29, 1.82) is 0 Å². The molecule has 1 saturated carbocycles. The lowest BCUT2D eigenvalue weighted by Crippen LogP contribution is -2.29. The molecule has 96 heavy (non-hydrogen) atoms. The molecule has 0 bridgehead atoms. The van der Waals surface area contributed by atoms with Crippen LogP contribution in [0.1, 0.15) is 86.9 Å². The first-order valence-electron chi connectivity index (χ1n) is 33.0. The van der Waals surface area contributed by atoms with Gasteiger partial charge in [0, 0.05) is 70.8 Å². The molecule has 0 atom stereocenters. The number of aryl methyl sites for hydroxylation is 10. The number of hydrogen-bond donors (Lipinski definition) is 8. The Bertz CT molecular complexity index is 3980. The van der Waals surface area contributed by atoms with Crippen LogP contribution >= 0.6 is 11.8 Å². The van der Waals surface area contributed by atoms with Crippen LogP contribution in [-0.4, -0.2) is 71.0 Å². The van der Waals surface area contributed by atoms with Crippen LogP contribution in [0.15, 0.2) is 192 Å². The average molecular weight is 1330 g/mol. The van der Waals surface area contributed by atoms with E-state index in [2.05, 4.69) is 182 Å². The summed E-state index contributed by atoms with van der Waals surface area (Å²) < 4.78 is 44.8. The number of carbonyl (C=O) groups is 1. The van der Waals surface area contributed by atoms with Crippen molar-refractivity contribution in [2.75, 3.05) is 93.4 Å². The zero-order chi connectivity index (χ0) is 67.9. The predicted molar refractivity (Wildman–Crippen MR) is 398 cm³/mol. The highest BCUT2D eigenvalue weighted by Gasteiger charge is 2.51. The summed E-state index contributed by atoms with van der Waals surface area (Å²) in [6.45, 7) is 33.6. The summed E-state index contributed by atoms with van der Waals surface area (Å²) in [6, 6.07) is 49.5. The summed E-state index contributed by atoms with van der Waals surface area (Å²) in [5, 5.41) is 25.5. The van der Waals surface area contributed by atoms with Gasteiger partial charge in [0.1, 0.15) is 42.7 Å². The third-order valence-electron chi connectivity index (χ3n) is 16.9. The molecule has 0 unspecified atom stereocenters. The topological polar surface area (TPSA) is 184 Å². The van der Waals surface area contributed by atoms with Gasteiger partial charge in [-0.3, -0.25) is 5.32 Å². The smallest absolute Gasteiger partial charge is 0.411 e. The largest absolute Gasteiger partial charge is 0.490 e. The second-order valence-electron chi connectivity index (χ2n) is 25.5. The van der Waals surface area contributed by atoms with Crippen LogP contribution < -0.4 is 56.7 Å². The molecule has 8 aliphatic heterocycles. The summed E-state index contributed by atoms with van der Waals surface area (Å²) in [6.07, 6.45) is 6.52. The van der Waals surface area contributed by atoms with E-state index in [9.17, 15) is 13.2 Å². The van der Waals surface area contributed by atoms with Gasteiger partial charge in [-0.05, 0) is 212 Å². The number of hydrogen-bond acceptors (Lipinski definition) is 15. The van der Waals surface area contributed by atoms with Crippen LogP contribution in [0.3, 0.4) is 0 Å². The summed E-state index contributed by atoms with van der Waals surface area (Å²) in [5.41, 5.74) is 25.4. The van der Waals surface area contributed by atoms with E-state index in [4.69, 9.17) is 18.9 Å². The van der Waals surface area contributed by atoms with E-state index in [1.807, 2.05) is 87.1 Å². The van der Waals surface area contributed by atoms with Gasteiger partial charge >= 0.3 is 6.09 Å². The second-order valence-corrected chi connectivity index (χ2v) is 28.7. The number of fused-ring (bicyclic) bond motifs is 8. The summed E-state index contributed by atoms with van der Waals surface area (Å²) in [4.78, 5) is 12.6. The molecule has 17 heteroatoms. The zero-order valence-electron chi connectivity index (χ0n) is 56.8. The van der Waals surface area contributed by atoms with Crippen molar-refractivity contribution in [2.24, 2.45) is 0 Å². The number of ether oxygens (including phenoxy) is 4. The van der Waals surface area contributed by atoms with Crippen LogP contribution in [0.25, 0.3) is 0 Å². The number of thioether (sulfide) groups is 1. The minimum absolute atomic E-state index is 0.0825. The van der Waals surface area contributed by atoms with Crippen molar-refractivity contribution in [3.8, 4) is 17.2 Å². The molecule has 8 aromatic rings. The van der Waals surface area contributed by atoms with Crippen LogP contribution in [0.2, 0.25) is 0 Å². The highest BCUT2D eigenvalue weighted by molar-refractivity contribution is 7.99. The molecule has 1 amide bonds. The Morgan fingerprint density at radius 3 is 1.60 bits per heavy atom. The van der Waals surface area contributed by atoms with E-state index in [1.54, 1.807) is 6.07 Å². The van der Waals surface area contributed by atoms with Crippen LogP contribution in [0, 0.1) is 55.4 Å². The highest BCUT2D eigenvalue weighted by atomic mass is 32.2. The van der Waals surface area contributed by atoms with E-state index in [1.165, 1.54) is 90.6 Å². The van der Waals surface area contributed by atoms with E-state index >= 15 is 0 Å². The fourth-order valence-corrected chi connectivity index (χ4v) is 13.9. The predicted octanol–water partition coefficient (Wildman–Crippen LogP) is 17.9. The maximum atomic E-state index is 11.6. The summed E-state index contributed by atoms with van der Waals surface area (Å²) >= 11 is 1.94.